The predicted octanol–water partition coefficient (Wildman–Crippen LogP) is 4.67. The Hall–Kier alpha value is -2.92. The number of benzene rings is 2. The lowest BCUT2D eigenvalue weighted by Crippen LogP contribution is -2.25. The Morgan fingerprint density at radius 3 is 2.83 bits per heavy atom. The number of fused-ring (bicyclic) bond motifs is 5. The van der Waals surface area contributed by atoms with E-state index in [2.05, 4.69) is 45.8 Å². The van der Waals surface area contributed by atoms with Gasteiger partial charge in [0, 0.05) is 58.5 Å². The Bertz CT molecular complexity index is 1250. The maximum absolute atomic E-state index is 12.4. The lowest BCUT2D eigenvalue weighted by Gasteiger charge is -2.17. The first-order valence-corrected chi connectivity index (χ1v) is 10.4. The van der Waals surface area contributed by atoms with Gasteiger partial charge in [-0.2, -0.15) is 0 Å². The molecule has 0 radical (unpaired) electrons. The van der Waals surface area contributed by atoms with Crippen molar-refractivity contribution in [2.75, 3.05) is 13.6 Å². The van der Waals surface area contributed by atoms with Gasteiger partial charge in [-0.05, 0) is 62.2 Å². The minimum atomic E-state index is 0.264. The minimum absolute atomic E-state index is 0.264. The fourth-order valence-corrected chi connectivity index (χ4v) is 4.85. The number of aryl methyl sites for hydroxylation is 1. The molecular weight excluding hydrogens is 362 g/mol. The number of ketones is 1. The lowest BCUT2D eigenvalue weighted by atomic mass is 10.0. The molecule has 0 saturated heterocycles. The molecule has 6 rings (SSSR count). The molecular formula is C24H23N3O2. The zero-order valence-electron chi connectivity index (χ0n) is 16.5. The van der Waals surface area contributed by atoms with Gasteiger partial charge < -0.3 is 13.9 Å². The van der Waals surface area contributed by atoms with Gasteiger partial charge in [0.05, 0.1) is 6.20 Å². The summed E-state index contributed by atoms with van der Waals surface area (Å²) in [7, 11) is 2.22. The van der Waals surface area contributed by atoms with Crippen LogP contribution in [0.3, 0.4) is 0 Å². The molecule has 0 N–H and O–H groups in total. The van der Waals surface area contributed by atoms with Crippen molar-refractivity contribution in [3.63, 3.8) is 0 Å². The molecule has 146 valence electrons. The Balaban J connectivity index is 1.56. The highest BCUT2D eigenvalue weighted by molar-refractivity contribution is 6.15. The van der Waals surface area contributed by atoms with Crippen molar-refractivity contribution in [2.45, 2.75) is 38.3 Å². The summed E-state index contributed by atoms with van der Waals surface area (Å²) in [4.78, 5) is 19.1. The van der Waals surface area contributed by atoms with Crippen LogP contribution in [0.1, 0.15) is 35.2 Å². The highest BCUT2D eigenvalue weighted by atomic mass is 16.3. The summed E-state index contributed by atoms with van der Waals surface area (Å²) in [6.45, 7) is 1.97. The summed E-state index contributed by atoms with van der Waals surface area (Å²) >= 11 is 0. The van der Waals surface area contributed by atoms with Gasteiger partial charge in [0.2, 0.25) is 5.89 Å². The van der Waals surface area contributed by atoms with Crippen LogP contribution in [0.5, 0.6) is 0 Å². The molecule has 0 bridgehead atoms. The third-order valence-corrected chi connectivity index (χ3v) is 6.57. The summed E-state index contributed by atoms with van der Waals surface area (Å²) < 4.78 is 7.95. The monoisotopic (exact) mass is 385 g/mol. The highest BCUT2D eigenvalue weighted by Crippen LogP contribution is 2.38. The maximum atomic E-state index is 12.4. The van der Waals surface area contributed by atoms with Crippen molar-refractivity contribution in [1.82, 2.24) is 14.5 Å². The van der Waals surface area contributed by atoms with Gasteiger partial charge in [-0.3, -0.25) is 4.79 Å². The number of hydrogen-bond donors (Lipinski definition) is 0. The molecule has 0 unspecified atom stereocenters. The third kappa shape index (κ3) is 2.64. The number of likely N-dealkylation sites (N-methyl/N-ethyl adjacent to an activating group) is 1. The van der Waals surface area contributed by atoms with E-state index in [4.69, 9.17) is 4.42 Å². The Labute approximate surface area is 168 Å². The van der Waals surface area contributed by atoms with Crippen LogP contribution in [-0.4, -0.2) is 39.9 Å². The summed E-state index contributed by atoms with van der Waals surface area (Å²) in [6, 6.07) is 11.4. The van der Waals surface area contributed by atoms with Gasteiger partial charge >= 0.3 is 0 Å². The van der Waals surface area contributed by atoms with Gasteiger partial charge in [0.25, 0.3) is 0 Å². The molecule has 2 aliphatic carbocycles. The van der Waals surface area contributed by atoms with E-state index >= 15 is 0 Å². The molecule has 2 aromatic carbocycles. The van der Waals surface area contributed by atoms with E-state index in [1.165, 1.54) is 40.2 Å². The van der Waals surface area contributed by atoms with Crippen molar-refractivity contribution in [1.29, 1.82) is 0 Å². The van der Waals surface area contributed by atoms with Crippen LogP contribution in [-0.2, 0) is 13.0 Å². The number of Topliss-reactive ketones (excluding diaryl/α,β-unsaturated/α-hetero) is 1. The number of oxazole rings is 1. The quantitative estimate of drug-likeness (QED) is 0.501. The van der Waals surface area contributed by atoms with E-state index in [1.54, 1.807) is 12.5 Å². The van der Waals surface area contributed by atoms with E-state index in [9.17, 15) is 4.79 Å². The SMILES string of the molecule is CN(CCn1c2ccc(-c3ncco3)cc2c2c3c(ccc21)C(=O)CC3)C1CC1. The zero-order valence-corrected chi connectivity index (χ0v) is 16.5. The Kier molecular flexibility index (Phi) is 3.68. The number of hydrogen-bond acceptors (Lipinski definition) is 4. The van der Waals surface area contributed by atoms with Crippen LogP contribution in [0.4, 0.5) is 0 Å². The van der Waals surface area contributed by atoms with Gasteiger partial charge in [0.15, 0.2) is 5.78 Å². The van der Waals surface area contributed by atoms with Gasteiger partial charge in [-0.25, -0.2) is 4.98 Å². The van der Waals surface area contributed by atoms with Crippen LogP contribution in [0.15, 0.2) is 47.2 Å². The highest BCUT2D eigenvalue weighted by Gasteiger charge is 2.27. The average molecular weight is 385 g/mol. The van der Waals surface area contributed by atoms with E-state index in [0.717, 1.165) is 36.7 Å². The number of nitrogens with zero attached hydrogens (tertiary/aromatic N) is 3. The summed E-state index contributed by atoms with van der Waals surface area (Å²) in [6.07, 6.45) is 7.36. The van der Waals surface area contributed by atoms with E-state index in [0.29, 0.717) is 12.3 Å². The molecule has 5 heteroatoms. The van der Waals surface area contributed by atoms with E-state index < -0.39 is 0 Å². The summed E-state index contributed by atoms with van der Waals surface area (Å²) in [5, 5.41) is 2.42. The second-order valence-corrected chi connectivity index (χ2v) is 8.34. The molecule has 2 aromatic heterocycles. The van der Waals surface area contributed by atoms with Crippen LogP contribution >= 0.6 is 0 Å². The largest absolute Gasteiger partial charge is 0.445 e. The number of carbonyl (C=O) groups is 1. The second kappa shape index (κ2) is 6.29. The number of aromatic nitrogens is 2. The van der Waals surface area contributed by atoms with E-state index in [1.807, 2.05) is 6.07 Å². The van der Waals surface area contributed by atoms with Crippen molar-refractivity contribution in [3.05, 3.63) is 53.9 Å². The predicted molar refractivity (Wildman–Crippen MR) is 113 cm³/mol. The fraction of sp³-hybridized carbons (Fsp3) is 0.333. The first-order valence-electron chi connectivity index (χ1n) is 10.4. The fourth-order valence-electron chi connectivity index (χ4n) is 4.85. The Morgan fingerprint density at radius 2 is 2.03 bits per heavy atom. The average Bonchev–Trinajstić information content (AvgIpc) is 3.18. The molecule has 1 saturated carbocycles. The number of rotatable bonds is 5. The molecule has 0 aliphatic heterocycles. The molecule has 0 spiro atoms. The lowest BCUT2D eigenvalue weighted by molar-refractivity contribution is 0.0994. The zero-order chi connectivity index (χ0) is 19.5. The molecule has 2 aliphatic rings. The van der Waals surface area contributed by atoms with Crippen molar-refractivity contribution < 1.29 is 9.21 Å². The van der Waals surface area contributed by atoms with Crippen molar-refractivity contribution in [2.24, 2.45) is 0 Å². The van der Waals surface area contributed by atoms with Crippen molar-refractivity contribution >= 4 is 27.6 Å². The third-order valence-electron chi connectivity index (χ3n) is 6.57. The first-order chi connectivity index (χ1) is 14.2. The molecule has 2 heterocycles. The second-order valence-electron chi connectivity index (χ2n) is 8.34. The molecule has 0 atom stereocenters. The topological polar surface area (TPSA) is 51.3 Å². The maximum Gasteiger partial charge on any atom is 0.225 e. The van der Waals surface area contributed by atoms with Gasteiger partial charge in [0.1, 0.15) is 6.26 Å². The van der Waals surface area contributed by atoms with Crippen LogP contribution in [0.25, 0.3) is 33.3 Å². The molecule has 1 fully saturated rings. The van der Waals surface area contributed by atoms with Crippen LogP contribution < -0.4 is 0 Å². The van der Waals surface area contributed by atoms with E-state index in [-0.39, 0.29) is 5.78 Å². The normalized spacial score (nSPS) is 16.4. The molecule has 0 amide bonds. The smallest absolute Gasteiger partial charge is 0.225 e. The summed E-state index contributed by atoms with van der Waals surface area (Å²) in [5.74, 6) is 0.894. The van der Waals surface area contributed by atoms with Crippen LogP contribution in [0, 0.1) is 0 Å². The molecule has 29 heavy (non-hydrogen) atoms. The molecule has 4 aromatic rings. The van der Waals surface area contributed by atoms with Crippen LogP contribution in [0.2, 0.25) is 0 Å². The summed E-state index contributed by atoms with van der Waals surface area (Å²) in [5.41, 5.74) is 5.51. The molecule has 5 nitrogen and oxygen atoms in total. The van der Waals surface area contributed by atoms with Crippen molar-refractivity contribution in [3.8, 4) is 11.5 Å². The minimum Gasteiger partial charge on any atom is -0.445 e. The van der Waals surface area contributed by atoms with Gasteiger partial charge in [-0.15, -0.1) is 0 Å². The first kappa shape index (κ1) is 17.0. The standard InChI is InChI=1S/C24H23N3O2/c1-26(16-3-4-16)11-12-27-20-7-2-15(24-25-10-13-29-24)14-19(20)23-18-6-9-22(28)17(18)5-8-21(23)27/h2,5,7-8,10,13-14,16H,3-4,6,9,11-12H2,1H3. The number of carbonyl (C=O) groups excluding carboxylic acids is 1. The van der Waals surface area contributed by atoms with Gasteiger partial charge in [-0.1, -0.05) is 0 Å². The Morgan fingerprint density at radius 1 is 1.17 bits per heavy atom.